The van der Waals surface area contributed by atoms with Crippen molar-refractivity contribution in [2.24, 2.45) is 5.92 Å². The Morgan fingerprint density at radius 1 is 1.27 bits per heavy atom. The van der Waals surface area contributed by atoms with Gasteiger partial charge in [-0.05, 0) is 31.5 Å². The number of likely N-dealkylation sites (tertiary alicyclic amines) is 1. The molecule has 0 bridgehead atoms. The Bertz CT molecular complexity index is 562. The molecule has 1 saturated heterocycles. The Morgan fingerprint density at radius 2 is 1.95 bits per heavy atom. The molecule has 1 aromatic carbocycles. The van der Waals surface area contributed by atoms with Crippen LogP contribution < -0.4 is 0 Å². The van der Waals surface area contributed by atoms with Crippen molar-refractivity contribution in [3.63, 3.8) is 0 Å². The molecule has 124 valence electrons. The average molecular weight is 325 g/mol. The molecule has 0 saturated carbocycles. The largest absolute Gasteiger partial charge is 0.306 e. The van der Waals surface area contributed by atoms with Crippen molar-refractivity contribution < 1.29 is 8.42 Å². The molecule has 1 fully saturated rings. The molecule has 0 spiro atoms. The van der Waals surface area contributed by atoms with E-state index in [0.29, 0.717) is 25.6 Å². The van der Waals surface area contributed by atoms with E-state index in [1.54, 1.807) is 11.4 Å². The lowest BCUT2D eigenvalue weighted by Crippen LogP contribution is -2.43. The zero-order valence-corrected chi connectivity index (χ0v) is 14.6. The Balaban J connectivity index is 2.02. The summed E-state index contributed by atoms with van der Waals surface area (Å²) in [6.07, 6.45) is 1.07. The van der Waals surface area contributed by atoms with Crippen LogP contribution in [0.2, 0.25) is 0 Å². The third-order valence-corrected chi connectivity index (χ3v) is 6.26. The number of nitrogens with zero attached hydrogens (tertiary/aromatic N) is 3. The van der Waals surface area contributed by atoms with E-state index in [1.807, 2.05) is 37.3 Å². The van der Waals surface area contributed by atoms with E-state index in [1.165, 1.54) is 4.31 Å². The smallest absolute Gasteiger partial charge is 0.282 e. The van der Waals surface area contributed by atoms with Gasteiger partial charge in [0.1, 0.15) is 0 Å². The van der Waals surface area contributed by atoms with Crippen LogP contribution in [0.3, 0.4) is 0 Å². The van der Waals surface area contributed by atoms with E-state index in [2.05, 4.69) is 11.9 Å². The summed E-state index contributed by atoms with van der Waals surface area (Å²) < 4.78 is 28.6. The van der Waals surface area contributed by atoms with E-state index in [9.17, 15) is 8.42 Å². The van der Waals surface area contributed by atoms with Crippen LogP contribution in [0.5, 0.6) is 0 Å². The Hall–Kier alpha value is -0.950. The lowest BCUT2D eigenvalue weighted by Gasteiger charge is -2.28. The van der Waals surface area contributed by atoms with Crippen LogP contribution in [0, 0.1) is 5.92 Å². The second-order valence-corrected chi connectivity index (χ2v) is 8.15. The van der Waals surface area contributed by atoms with Crippen LogP contribution in [-0.4, -0.2) is 62.2 Å². The highest BCUT2D eigenvalue weighted by Crippen LogP contribution is 2.19. The summed E-state index contributed by atoms with van der Waals surface area (Å²) in [5, 5.41) is 0. The summed E-state index contributed by atoms with van der Waals surface area (Å²) in [4.78, 5) is 2.26. The topological polar surface area (TPSA) is 43.9 Å². The van der Waals surface area contributed by atoms with Gasteiger partial charge < -0.3 is 4.90 Å². The molecule has 2 rings (SSSR count). The summed E-state index contributed by atoms with van der Waals surface area (Å²) in [5.41, 5.74) is 1.02. The Morgan fingerprint density at radius 3 is 2.50 bits per heavy atom. The molecule has 1 atom stereocenters. The third-order valence-electron chi connectivity index (χ3n) is 4.28. The van der Waals surface area contributed by atoms with Crippen molar-refractivity contribution in [3.8, 4) is 0 Å². The molecule has 1 aliphatic rings. The second kappa shape index (κ2) is 7.55. The second-order valence-electron chi connectivity index (χ2n) is 6.12. The molecule has 22 heavy (non-hydrogen) atoms. The van der Waals surface area contributed by atoms with Crippen LogP contribution in [0.4, 0.5) is 0 Å². The molecule has 6 heteroatoms. The average Bonchev–Trinajstić information content (AvgIpc) is 2.90. The maximum atomic E-state index is 12.8. The molecule has 1 aliphatic heterocycles. The maximum Gasteiger partial charge on any atom is 0.282 e. The lowest BCUT2D eigenvalue weighted by molar-refractivity contribution is 0.325. The van der Waals surface area contributed by atoms with Gasteiger partial charge in [-0.25, -0.2) is 0 Å². The van der Waals surface area contributed by atoms with Gasteiger partial charge in [0, 0.05) is 33.2 Å². The first-order chi connectivity index (χ1) is 10.4. The van der Waals surface area contributed by atoms with Crippen LogP contribution >= 0.6 is 0 Å². The SMILES string of the molecule is CCN(Cc1ccccc1)S(=O)(=O)N(C)CC1CCN(C)C1. The monoisotopic (exact) mass is 325 g/mol. The third kappa shape index (κ3) is 4.29. The van der Waals surface area contributed by atoms with Crippen LogP contribution in [0.25, 0.3) is 0 Å². The molecule has 0 N–H and O–H groups in total. The van der Waals surface area contributed by atoms with Gasteiger partial charge >= 0.3 is 0 Å². The molecule has 0 aromatic heterocycles. The summed E-state index contributed by atoms with van der Waals surface area (Å²) in [6, 6.07) is 9.74. The first-order valence-electron chi connectivity index (χ1n) is 7.87. The summed E-state index contributed by atoms with van der Waals surface area (Å²) in [7, 11) is 0.375. The number of benzene rings is 1. The standard InChI is InChI=1S/C16H27N3O2S/c1-4-19(14-15-8-6-5-7-9-15)22(20,21)18(3)13-16-10-11-17(2)12-16/h5-9,16H,4,10-14H2,1-3H3. The first-order valence-corrected chi connectivity index (χ1v) is 9.27. The van der Waals surface area contributed by atoms with E-state index in [4.69, 9.17) is 0 Å². The van der Waals surface area contributed by atoms with E-state index >= 15 is 0 Å². The summed E-state index contributed by atoms with van der Waals surface area (Å²) in [5.74, 6) is 0.431. The summed E-state index contributed by atoms with van der Waals surface area (Å²) >= 11 is 0. The van der Waals surface area contributed by atoms with Gasteiger partial charge in [0.2, 0.25) is 0 Å². The van der Waals surface area contributed by atoms with Crippen molar-refractivity contribution in [2.75, 3.05) is 40.3 Å². The molecule has 0 aliphatic carbocycles. The molecular weight excluding hydrogens is 298 g/mol. The van der Waals surface area contributed by atoms with Crippen molar-refractivity contribution in [1.82, 2.24) is 13.5 Å². The number of hydrogen-bond donors (Lipinski definition) is 0. The normalized spacial score (nSPS) is 20.1. The predicted octanol–water partition coefficient (Wildman–Crippen LogP) is 1.64. The maximum absolute atomic E-state index is 12.8. The Labute approximate surface area is 134 Å². The van der Waals surface area contributed by atoms with Gasteiger partial charge in [-0.2, -0.15) is 17.0 Å². The fourth-order valence-corrected chi connectivity index (χ4v) is 4.41. The fraction of sp³-hybridized carbons (Fsp3) is 0.625. The number of hydrogen-bond acceptors (Lipinski definition) is 3. The predicted molar refractivity (Wildman–Crippen MR) is 89.7 cm³/mol. The fourth-order valence-electron chi connectivity index (χ4n) is 2.97. The van der Waals surface area contributed by atoms with Crippen LogP contribution in [0.15, 0.2) is 30.3 Å². The molecular formula is C16H27N3O2S. The quantitative estimate of drug-likeness (QED) is 0.765. The van der Waals surface area contributed by atoms with E-state index in [0.717, 1.165) is 25.1 Å². The van der Waals surface area contributed by atoms with E-state index < -0.39 is 10.2 Å². The minimum Gasteiger partial charge on any atom is -0.306 e. The summed E-state index contributed by atoms with van der Waals surface area (Å²) in [6.45, 7) is 5.42. The lowest BCUT2D eigenvalue weighted by atomic mass is 10.1. The molecule has 0 amide bonds. The minimum absolute atomic E-state index is 0.425. The molecule has 1 heterocycles. The highest BCUT2D eigenvalue weighted by Gasteiger charge is 2.29. The molecule has 0 radical (unpaired) electrons. The highest BCUT2D eigenvalue weighted by molar-refractivity contribution is 7.86. The molecule has 5 nitrogen and oxygen atoms in total. The first kappa shape index (κ1) is 17.4. The zero-order valence-electron chi connectivity index (χ0n) is 13.8. The minimum atomic E-state index is -3.41. The van der Waals surface area contributed by atoms with Crippen molar-refractivity contribution in [3.05, 3.63) is 35.9 Å². The van der Waals surface area contributed by atoms with Gasteiger partial charge in [-0.15, -0.1) is 0 Å². The molecule has 1 aromatic rings. The highest BCUT2D eigenvalue weighted by atomic mass is 32.2. The van der Waals surface area contributed by atoms with Gasteiger partial charge in [-0.1, -0.05) is 37.3 Å². The van der Waals surface area contributed by atoms with Gasteiger partial charge in [0.15, 0.2) is 0 Å². The van der Waals surface area contributed by atoms with Gasteiger partial charge in [0.05, 0.1) is 0 Å². The Kier molecular flexibility index (Phi) is 5.97. The van der Waals surface area contributed by atoms with E-state index in [-0.39, 0.29) is 0 Å². The number of rotatable bonds is 7. The van der Waals surface area contributed by atoms with Crippen molar-refractivity contribution >= 4 is 10.2 Å². The molecule has 1 unspecified atom stereocenters. The zero-order chi connectivity index (χ0) is 16.2. The van der Waals surface area contributed by atoms with Crippen LogP contribution in [0.1, 0.15) is 18.9 Å². The van der Waals surface area contributed by atoms with Gasteiger partial charge in [0.25, 0.3) is 10.2 Å². The van der Waals surface area contributed by atoms with Gasteiger partial charge in [-0.3, -0.25) is 0 Å². The van der Waals surface area contributed by atoms with Crippen LogP contribution in [-0.2, 0) is 16.8 Å². The van der Waals surface area contributed by atoms with Crippen molar-refractivity contribution in [1.29, 1.82) is 0 Å². The van der Waals surface area contributed by atoms with Crippen molar-refractivity contribution in [2.45, 2.75) is 19.9 Å².